The molecule has 1 aliphatic heterocycles. The molecule has 9 heteroatoms. The Morgan fingerprint density at radius 1 is 1.32 bits per heavy atom. The van der Waals surface area contributed by atoms with E-state index in [1.165, 1.54) is 16.8 Å². The van der Waals surface area contributed by atoms with Gasteiger partial charge in [0.05, 0.1) is 0 Å². The molecule has 1 fully saturated rings. The molecule has 1 amide bonds. The van der Waals surface area contributed by atoms with Crippen molar-refractivity contribution >= 4 is 15.9 Å². The Morgan fingerprint density at radius 2 is 2.11 bits per heavy atom. The van der Waals surface area contributed by atoms with Crippen LogP contribution < -0.4 is 5.32 Å². The second-order valence-corrected chi connectivity index (χ2v) is 9.67. The van der Waals surface area contributed by atoms with Crippen LogP contribution in [0.4, 0.5) is 0 Å². The highest BCUT2D eigenvalue weighted by Gasteiger charge is 2.28. The van der Waals surface area contributed by atoms with E-state index in [0.29, 0.717) is 43.0 Å². The summed E-state index contributed by atoms with van der Waals surface area (Å²) < 4.78 is 28.8. The molecule has 3 rings (SSSR count). The maximum absolute atomic E-state index is 12.8. The number of imidazole rings is 1. The monoisotopic (exact) mass is 405 g/mol. The first-order chi connectivity index (χ1) is 13.3. The standard InChI is InChI=1S/C19H27N5O3S/c1-14(2)9-21-19(25)17-12-23(13-22-17)18-7-6-16(10-20-18)28(26,27)24-8-4-5-15(3)11-24/h6-7,10,12-15H,4-5,8-9,11H2,1-3H3,(H,21,25)/t15-/m0/s1. The van der Waals surface area contributed by atoms with E-state index in [2.05, 4.69) is 22.2 Å². The van der Waals surface area contributed by atoms with Gasteiger partial charge in [0.1, 0.15) is 22.7 Å². The van der Waals surface area contributed by atoms with E-state index in [1.54, 1.807) is 22.9 Å². The van der Waals surface area contributed by atoms with Crippen LogP contribution >= 0.6 is 0 Å². The SMILES string of the molecule is CC(C)CNC(=O)c1cn(-c2ccc(S(=O)(=O)N3CCC[C@H](C)C3)cn2)cn1. The molecule has 8 nitrogen and oxygen atoms in total. The van der Waals surface area contributed by atoms with Crippen molar-refractivity contribution in [2.45, 2.75) is 38.5 Å². The van der Waals surface area contributed by atoms with Crippen LogP contribution in [0.15, 0.2) is 35.7 Å². The predicted molar refractivity (Wildman–Crippen MR) is 106 cm³/mol. The van der Waals surface area contributed by atoms with Crippen molar-refractivity contribution in [3.05, 3.63) is 36.5 Å². The third-order valence-corrected chi connectivity index (χ3v) is 6.58. The third-order valence-electron chi connectivity index (χ3n) is 4.73. The number of carbonyl (C=O) groups is 1. The van der Waals surface area contributed by atoms with Crippen LogP contribution in [0, 0.1) is 11.8 Å². The normalized spacial score (nSPS) is 18.4. The van der Waals surface area contributed by atoms with Gasteiger partial charge in [0, 0.05) is 32.0 Å². The molecule has 0 radical (unpaired) electrons. The summed E-state index contributed by atoms with van der Waals surface area (Å²) in [6.45, 7) is 7.76. The molecule has 1 saturated heterocycles. The first-order valence-electron chi connectivity index (χ1n) is 9.56. The number of nitrogens with zero attached hydrogens (tertiary/aromatic N) is 4. The van der Waals surface area contributed by atoms with E-state index in [-0.39, 0.29) is 10.8 Å². The lowest BCUT2D eigenvalue weighted by molar-refractivity contribution is 0.0944. The summed E-state index contributed by atoms with van der Waals surface area (Å²) in [4.78, 5) is 20.6. The highest BCUT2D eigenvalue weighted by Crippen LogP contribution is 2.23. The molecule has 0 saturated carbocycles. The molecule has 152 valence electrons. The minimum absolute atomic E-state index is 0.181. The Balaban J connectivity index is 1.73. The van der Waals surface area contributed by atoms with Gasteiger partial charge in [0.15, 0.2) is 0 Å². The predicted octanol–water partition coefficient (Wildman–Crippen LogP) is 2.07. The fourth-order valence-electron chi connectivity index (χ4n) is 3.14. The average Bonchev–Trinajstić information content (AvgIpc) is 3.16. The molecular formula is C19H27N5O3S. The number of nitrogens with one attached hydrogen (secondary N) is 1. The molecule has 28 heavy (non-hydrogen) atoms. The number of amides is 1. The zero-order valence-corrected chi connectivity index (χ0v) is 17.3. The van der Waals surface area contributed by atoms with E-state index >= 15 is 0 Å². The van der Waals surface area contributed by atoms with Gasteiger partial charge in [-0.15, -0.1) is 0 Å². The minimum Gasteiger partial charge on any atom is -0.350 e. The number of carbonyl (C=O) groups excluding carboxylic acids is 1. The molecule has 1 N–H and O–H groups in total. The summed E-state index contributed by atoms with van der Waals surface area (Å²) >= 11 is 0. The molecule has 0 aromatic carbocycles. The molecule has 0 spiro atoms. The van der Waals surface area contributed by atoms with Crippen molar-refractivity contribution in [1.29, 1.82) is 0 Å². The summed E-state index contributed by atoms with van der Waals surface area (Å²) in [5.41, 5.74) is 0.293. The van der Waals surface area contributed by atoms with Gasteiger partial charge in [-0.1, -0.05) is 20.8 Å². The molecule has 1 aliphatic rings. The molecule has 2 aromatic heterocycles. The zero-order valence-electron chi connectivity index (χ0n) is 16.5. The van der Waals surface area contributed by atoms with Crippen molar-refractivity contribution in [3.63, 3.8) is 0 Å². The van der Waals surface area contributed by atoms with E-state index in [4.69, 9.17) is 0 Å². The summed E-state index contributed by atoms with van der Waals surface area (Å²) in [5, 5.41) is 2.81. The van der Waals surface area contributed by atoms with Gasteiger partial charge in [0.2, 0.25) is 10.0 Å². The summed E-state index contributed by atoms with van der Waals surface area (Å²) in [5.74, 6) is 0.972. The number of pyridine rings is 1. The first kappa shape index (κ1) is 20.5. The largest absolute Gasteiger partial charge is 0.350 e. The van der Waals surface area contributed by atoms with Crippen LogP contribution in [0.5, 0.6) is 0 Å². The number of hydrogen-bond donors (Lipinski definition) is 1. The van der Waals surface area contributed by atoms with E-state index < -0.39 is 10.0 Å². The van der Waals surface area contributed by atoms with Crippen molar-refractivity contribution in [3.8, 4) is 5.82 Å². The van der Waals surface area contributed by atoms with Crippen LogP contribution in [-0.2, 0) is 10.0 Å². The number of piperidine rings is 1. The highest BCUT2D eigenvalue weighted by atomic mass is 32.2. The highest BCUT2D eigenvalue weighted by molar-refractivity contribution is 7.89. The van der Waals surface area contributed by atoms with Gasteiger partial charge in [-0.05, 0) is 36.8 Å². The minimum atomic E-state index is -3.54. The second-order valence-electron chi connectivity index (χ2n) is 7.73. The fraction of sp³-hybridized carbons (Fsp3) is 0.526. The topological polar surface area (TPSA) is 97.2 Å². The Bertz CT molecular complexity index is 921. The fourth-order valence-corrected chi connectivity index (χ4v) is 4.69. The zero-order chi connectivity index (χ0) is 20.3. The third kappa shape index (κ3) is 4.59. The molecule has 2 aromatic rings. The molecular weight excluding hydrogens is 378 g/mol. The molecule has 0 bridgehead atoms. The Hall–Kier alpha value is -2.26. The van der Waals surface area contributed by atoms with Crippen LogP contribution in [0.3, 0.4) is 0 Å². The lowest BCUT2D eigenvalue weighted by Crippen LogP contribution is -2.39. The Kier molecular flexibility index (Phi) is 6.14. The summed E-state index contributed by atoms with van der Waals surface area (Å²) in [7, 11) is -3.54. The van der Waals surface area contributed by atoms with Gasteiger partial charge in [-0.3, -0.25) is 9.36 Å². The van der Waals surface area contributed by atoms with Gasteiger partial charge in [-0.25, -0.2) is 18.4 Å². The summed E-state index contributed by atoms with van der Waals surface area (Å²) in [6.07, 6.45) is 6.37. The molecule has 0 aliphatic carbocycles. The van der Waals surface area contributed by atoms with Gasteiger partial charge in [0.25, 0.3) is 5.91 Å². The maximum Gasteiger partial charge on any atom is 0.271 e. The van der Waals surface area contributed by atoms with Crippen molar-refractivity contribution in [1.82, 2.24) is 24.2 Å². The quantitative estimate of drug-likeness (QED) is 0.793. The van der Waals surface area contributed by atoms with Crippen LogP contribution in [0.1, 0.15) is 44.1 Å². The number of sulfonamides is 1. The van der Waals surface area contributed by atoms with Gasteiger partial charge >= 0.3 is 0 Å². The first-order valence-corrected chi connectivity index (χ1v) is 11.0. The second kappa shape index (κ2) is 8.40. The number of rotatable bonds is 6. The van der Waals surface area contributed by atoms with Crippen molar-refractivity contribution in [2.24, 2.45) is 11.8 Å². The smallest absolute Gasteiger partial charge is 0.271 e. The Labute approximate surface area is 166 Å². The lowest BCUT2D eigenvalue weighted by Gasteiger charge is -2.29. The lowest BCUT2D eigenvalue weighted by atomic mass is 10.0. The van der Waals surface area contributed by atoms with E-state index in [9.17, 15) is 13.2 Å². The van der Waals surface area contributed by atoms with E-state index in [1.807, 2.05) is 13.8 Å². The average molecular weight is 406 g/mol. The van der Waals surface area contributed by atoms with Gasteiger partial charge < -0.3 is 5.32 Å². The Morgan fingerprint density at radius 3 is 2.75 bits per heavy atom. The van der Waals surface area contributed by atoms with Crippen LogP contribution in [-0.4, -0.2) is 52.8 Å². The number of aromatic nitrogens is 3. The van der Waals surface area contributed by atoms with Gasteiger partial charge in [-0.2, -0.15) is 4.31 Å². The molecule has 3 heterocycles. The molecule has 1 atom stereocenters. The van der Waals surface area contributed by atoms with Crippen LogP contribution in [0.2, 0.25) is 0 Å². The molecule has 0 unspecified atom stereocenters. The maximum atomic E-state index is 12.8. The summed E-state index contributed by atoms with van der Waals surface area (Å²) in [6, 6.07) is 3.17. The van der Waals surface area contributed by atoms with Crippen LogP contribution in [0.25, 0.3) is 5.82 Å². The van der Waals surface area contributed by atoms with E-state index in [0.717, 1.165) is 12.8 Å². The van der Waals surface area contributed by atoms with Crippen molar-refractivity contribution < 1.29 is 13.2 Å². The van der Waals surface area contributed by atoms with Crippen molar-refractivity contribution in [2.75, 3.05) is 19.6 Å². The number of hydrogen-bond acceptors (Lipinski definition) is 5.